The average molecular weight is 359 g/mol. The van der Waals surface area contributed by atoms with Crippen LogP contribution in [0.25, 0.3) is 0 Å². The molecule has 0 unspecified atom stereocenters. The summed E-state index contributed by atoms with van der Waals surface area (Å²) in [6.45, 7) is 4.65. The van der Waals surface area contributed by atoms with Crippen molar-refractivity contribution in [1.29, 1.82) is 0 Å². The number of pyridine rings is 1. The fourth-order valence-electron chi connectivity index (χ4n) is 0.954. The standard InChI is InChI=1S/C8H10N.2CH3.Bi/c1-7(2)8-5-3-4-6-9-8;;;/h3-6H,1-2H3;2*1H3;. The van der Waals surface area contributed by atoms with E-state index in [9.17, 15) is 0 Å². The number of hydrogen-bond donors (Lipinski definition) is 0. The van der Waals surface area contributed by atoms with Crippen molar-refractivity contribution in [3.8, 4) is 0 Å². The van der Waals surface area contributed by atoms with E-state index in [-0.39, 0.29) is 0 Å². The van der Waals surface area contributed by atoms with E-state index in [1.165, 1.54) is 5.69 Å². The minimum absolute atomic E-state index is 0.386. The molecule has 12 heavy (non-hydrogen) atoms. The summed E-state index contributed by atoms with van der Waals surface area (Å²) in [5, 5.41) is 0. The molecule has 1 aromatic rings. The Balaban J connectivity index is 2.98. The second kappa shape index (κ2) is 3.83. The zero-order chi connectivity index (χ0) is 9.19. The molecule has 1 heterocycles. The summed E-state index contributed by atoms with van der Waals surface area (Å²) < 4.78 is 5.25. The average Bonchev–Trinajstić information content (AvgIpc) is 2.06. The molecule has 0 aliphatic heterocycles. The van der Waals surface area contributed by atoms with Crippen molar-refractivity contribution in [3.05, 3.63) is 30.1 Å². The van der Waals surface area contributed by atoms with Crippen molar-refractivity contribution in [2.24, 2.45) is 0 Å². The summed E-state index contributed by atoms with van der Waals surface area (Å²) in [5.41, 5.74) is 1.27. The maximum atomic E-state index is 4.42. The van der Waals surface area contributed by atoms with Crippen LogP contribution in [0.2, 0.25) is 9.26 Å². The Hall–Kier alpha value is 0.0331. The molecule has 0 amide bonds. The van der Waals surface area contributed by atoms with Crippen LogP contribution in [0.15, 0.2) is 24.4 Å². The molecule has 1 rings (SSSR count). The van der Waals surface area contributed by atoms with Crippen LogP contribution in [0.1, 0.15) is 19.5 Å². The van der Waals surface area contributed by atoms with E-state index in [0.29, 0.717) is 3.12 Å². The van der Waals surface area contributed by atoms with Gasteiger partial charge in [-0.1, -0.05) is 0 Å². The van der Waals surface area contributed by atoms with Crippen LogP contribution in [-0.2, 0) is 3.12 Å². The predicted octanol–water partition coefficient (Wildman–Crippen LogP) is 2.65. The molecule has 0 aromatic carbocycles. The number of rotatable bonds is 2. The molecule has 0 fully saturated rings. The first-order valence-electron chi connectivity index (χ1n) is 4.14. The fraction of sp³-hybridized carbons (Fsp3) is 0.500. The van der Waals surface area contributed by atoms with E-state index in [4.69, 9.17) is 0 Å². The van der Waals surface area contributed by atoms with Crippen LogP contribution in [0.3, 0.4) is 0 Å². The molecule has 0 radical (unpaired) electrons. The quantitative estimate of drug-likeness (QED) is 0.740. The third kappa shape index (κ3) is 2.04. The summed E-state index contributed by atoms with van der Waals surface area (Å²) in [6, 6.07) is 6.21. The third-order valence-electron chi connectivity index (χ3n) is 2.41. The van der Waals surface area contributed by atoms with Crippen LogP contribution >= 0.6 is 0 Å². The molecule has 1 aromatic heterocycles. The van der Waals surface area contributed by atoms with Gasteiger partial charge in [0.1, 0.15) is 0 Å². The van der Waals surface area contributed by atoms with Crippen molar-refractivity contribution in [2.75, 3.05) is 0 Å². The molecule has 1 nitrogen and oxygen atoms in total. The molecule has 0 saturated heterocycles. The molecule has 0 bridgehead atoms. The predicted molar refractivity (Wildman–Crippen MR) is 54.7 cm³/mol. The van der Waals surface area contributed by atoms with Crippen LogP contribution in [0, 0.1) is 0 Å². The summed E-state index contributed by atoms with van der Waals surface area (Å²) in [6.07, 6.45) is 1.89. The van der Waals surface area contributed by atoms with Gasteiger partial charge in [-0.3, -0.25) is 0 Å². The van der Waals surface area contributed by atoms with Crippen molar-refractivity contribution >= 4 is 21.8 Å². The Morgan fingerprint density at radius 3 is 2.33 bits per heavy atom. The Kier molecular flexibility index (Phi) is 3.23. The monoisotopic (exact) mass is 359 g/mol. The van der Waals surface area contributed by atoms with E-state index in [1.807, 2.05) is 12.3 Å². The van der Waals surface area contributed by atoms with Gasteiger partial charge in [-0.2, -0.15) is 0 Å². The van der Waals surface area contributed by atoms with E-state index < -0.39 is 21.8 Å². The Labute approximate surface area is 82.9 Å². The van der Waals surface area contributed by atoms with Gasteiger partial charge >= 0.3 is 83.1 Å². The number of hydrogen-bond acceptors (Lipinski definition) is 1. The van der Waals surface area contributed by atoms with Crippen molar-refractivity contribution < 1.29 is 0 Å². The van der Waals surface area contributed by atoms with Crippen LogP contribution in [0.4, 0.5) is 0 Å². The van der Waals surface area contributed by atoms with Crippen molar-refractivity contribution in [2.45, 2.75) is 26.2 Å². The Morgan fingerprint density at radius 2 is 1.92 bits per heavy atom. The van der Waals surface area contributed by atoms with Gasteiger partial charge in [0.25, 0.3) is 0 Å². The van der Waals surface area contributed by atoms with E-state index in [1.54, 1.807) is 0 Å². The summed E-state index contributed by atoms with van der Waals surface area (Å²) in [7, 11) is 0. The van der Waals surface area contributed by atoms with Gasteiger partial charge in [-0.15, -0.1) is 0 Å². The molecular formula is C10H16BiN. The second-order valence-electron chi connectivity index (χ2n) is 3.67. The zero-order valence-corrected chi connectivity index (χ0v) is 11.7. The fourth-order valence-corrected chi connectivity index (χ4v) is 3.25. The molecule has 66 valence electrons. The van der Waals surface area contributed by atoms with Crippen LogP contribution in [-0.4, -0.2) is 26.7 Å². The van der Waals surface area contributed by atoms with Gasteiger partial charge < -0.3 is 0 Å². The van der Waals surface area contributed by atoms with Gasteiger partial charge in [0, 0.05) is 0 Å². The van der Waals surface area contributed by atoms with Crippen molar-refractivity contribution in [1.82, 2.24) is 4.98 Å². The molecule has 0 atom stereocenters. The first-order valence-corrected chi connectivity index (χ1v) is 12.8. The van der Waals surface area contributed by atoms with Gasteiger partial charge in [0.2, 0.25) is 0 Å². The molecule has 0 N–H and O–H groups in total. The number of aromatic nitrogens is 1. The normalized spacial score (nSPS) is 12.1. The summed E-state index contributed by atoms with van der Waals surface area (Å²) in [4.78, 5) is 4.42. The van der Waals surface area contributed by atoms with Gasteiger partial charge in [0.15, 0.2) is 0 Å². The minimum atomic E-state index is -1.27. The molecule has 0 aliphatic rings. The van der Waals surface area contributed by atoms with E-state index in [2.05, 4.69) is 40.2 Å². The topological polar surface area (TPSA) is 12.9 Å². The SMILES string of the molecule is [CH3][Bi]([CH3])[C](C)(C)c1ccccn1. The molecule has 0 saturated carbocycles. The van der Waals surface area contributed by atoms with Crippen LogP contribution in [0.5, 0.6) is 0 Å². The zero-order valence-electron chi connectivity index (χ0n) is 8.20. The molecule has 2 heteroatoms. The third-order valence-corrected chi connectivity index (χ3v) is 12.0. The van der Waals surface area contributed by atoms with Gasteiger partial charge in [0.05, 0.1) is 0 Å². The van der Waals surface area contributed by atoms with Crippen molar-refractivity contribution in [3.63, 3.8) is 0 Å². The van der Waals surface area contributed by atoms with E-state index >= 15 is 0 Å². The summed E-state index contributed by atoms with van der Waals surface area (Å²) >= 11 is -1.27. The number of nitrogens with zero attached hydrogens (tertiary/aromatic N) is 1. The molecule has 0 spiro atoms. The summed E-state index contributed by atoms with van der Waals surface area (Å²) in [5.74, 6) is 0. The van der Waals surface area contributed by atoms with Gasteiger partial charge in [-0.25, -0.2) is 0 Å². The van der Waals surface area contributed by atoms with E-state index in [0.717, 1.165) is 0 Å². The van der Waals surface area contributed by atoms with Crippen LogP contribution < -0.4 is 0 Å². The first kappa shape index (κ1) is 10.1. The first-order chi connectivity index (χ1) is 5.55. The second-order valence-corrected chi connectivity index (χ2v) is 15.0. The Morgan fingerprint density at radius 1 is 1.25 bits per heavy atom. The van der Waals surface area contributed by atoms with Gasteiger partial charge in [-0.05, 0) is 0 Å². The maximum absolute atomic E-state index is 4.42. The molecule has 0 aliphatic carbocycles. The molecular weight excluding hydrogens is 343 g/mol. The Bertz CT molecular complexity index is 241.